The highest BCUT2D eigenvalue weighted by molar-refractivity contribution is 7.18. The second-order valence-electron chi connectivity index (χ2n) is 8.50. The largest absolute Gasteiger partial charge is 0.355 e. The van der Waals surface area contributed by atoms with Crippen LogP contribution in [0.4, 0.5) is 0 Å². The van der Waals surface area contributed by atoms with Gasteiger partial charge < -0.3 is 15.2 Å². The molecule has 6 nitrogen and oxygen atoms in total. The SMILES string of the molecule is CNC(=O)c1ccc(C[NH+](C)[C@@H](C)c2nc3sc4c(c3c(=O)[nH]2)CC[C@@H](C)C4)cc1. The van der Waals surface area contributed by atoms with E-state index in [0.29, 0.717) is 11.5 Å². The molecule has 2 heterocycles. The first kappa shape index (κ1) is 20.8. The quantitative estimate of drug-likeness (QED) is 0.587. The monoisotopic (exact) mass is 425 g/mol. The first-order valence-corrected chi connectivity index (χ1v) is 11.4. The molecule has 4 rings (SSSR count). The number of hydrogen-bond donors (Lipinski definition) is 3. The molecular weight excluding hydrogens is 396 g/mol. The number of H-pyrrole nitrogens is 1. The van der Waals surface area contributed by atoms with Crippen molar-refractivity contribution in [2.75, 3.05) is 14.1 Å². The third-order valence-corrected chi connectivity index (χ3v) is 7.41. The summed E-state index contributed by atoms with van der Waals surface area (Å²) in [5.41, 5.74) is 3.00. The van der Waals surface area contributed by atoms with Crippen molar-refractivity contribution >= 4 is 27.5 Å². The molecule has 1 amide bonds. The van der Waals surface area contributed by atoms with Gasteiger partial charge in [-0.1, -0.05) is 19.1 Å². The summed E-state index contributed by atoms with van der Waals surface area (Å²) >= 11 is 1.69. The molecule has 1 aliphatic rings. The minimum atomic E-state index is -0.0845. The van der Waals surface area contributed by atoms with Gasteiger partial charge in [-0.3, -0.25) is 9.59 Å². The Kier molecular flexibility index (Phi) is 5.75. The molecule has 0 bridgehead atoms. The lowest BCUT2D eigenvalue weighted by molar-refractivity contribution is -0.924. The summed E-state index contributed by atoms with van der Waals surface area (Å²) in [7, 11) is 3.73. The second-order valence-corrected chi connectivity index (χ2v) is 9.59. The van der Waals surface area contributed by atoms with Crippen molar-refractivity contribution in [3.63, 3.8) is 0 Å². The van der Waals surface area contributed by atoms with E-state index in [4.69, 9.17) is 4.98 Å². The Balaban J connectivity index is 1.56. The van der Waals surface area contributed by atoms with E-state index in [0.717, 1.165) is 47.4 Å². The van der Waals surface area contributed by atoms with Gasteiger partial charge in [0.25, 0.3) is 11.5 Å². The number of aryl methyl sites for hydroxylation is 1. The predicted molar refractivity (Wildman–Crippen MR) is 120 cm³/mol. The molecule has 0 fully saturated rings. The van der Waals surface area contributed by atoms with E-state index in [1.807, 2.05) is 24.3 Å². The van der Waals surface area contributed by atoms with Gasteiger partial charge in [-0.05, 0) is 49.8 Å². The van der Waals surface area contributed by atoms with E-state index < -0.39 is 0 Å². The molecule has 1 aliphatic carbocycles. The van der Waals surface area contributed by atoms with Gasteiger partial charge >= 0.3 is 0 Å². The van der Waals surface area contributed by atoms with Gasteiger partial charge in [0.2, 0.25) is 0 Å². The molecule has 1 aromatic carbocycles. The maximum atomic E-state index is 12.9. The number of thiophene rings is 1. The standard InChI is InChI=1S/C23H28N4O2S/c1-13-5-10-17-18(11-13)30-23-19(17)22(29)25-20(26-23)14(2)27(4)12-15-6-8-16(9-7-15)21(28)24-3/h6-9,13-14H,5,10-12H2,1-4H3,(H,24,28)(H,25,26,29)/p+1/t13-,14+/m1/s1. The van der Waals surface area contributed by atoms with Crippen LogP contribution >= 0.6 is 11.3 Å². The summed E-state index contributed by atoms with van der Waals surface area (Å²) in [5.74, 6) is 1.32. The average Bonchev–Trinajstić information content (AvgIpc) is 3.10. The molecule has 30 heavy (non-hydrogen) atoms. The van der Waals surface area contributed by atoms with Gasteiger partial charge in [0, 0.05) is 23.1 Å². The predicted octanol–water partition coefficient (Wildman–Crippen LogP) is 2.24. The number of carbonyl (C=O) groups is 1. The second kappa shape index (κ2) is 8.32. The van der Waals surface area contributed by atoms with Crippen LogP contribution in [-0.4, -0.2) is 30.0 Å². The van der Waals surface area contributed by atoms with Crippen LogP contribution < -0.4 is 15.8 Å². The van der Waals surface area contributed by atoms with Gasteiger partial charge in [-0.15, -0.1) is 11.3 Å². The molecule has 0 saturated heterocycles. The number of hydrogen-bond acceptors (Lipinski definition) is 4. The molecule has 2 aromatic heterocycles. The molecule has 0 spiro atoms. The van der Waals surface area contributed by atoms with Crippen LogP contribution in [0.3, 0.4) is 0 Å². The highest BCUT2D eigenvalue weighted by Crippen LogP contribution is 2.35. The van der Waals surface area contributed by atoms with Crippen molar-refractivity contribution in [2.45, 2.75) is 45.7 Å². The number of fused-ring (bicyclic) bond motifs is 3. The van der Waals surface area contributed by atoms with Gasteiger partial charge in [0.05, 0.1) is 12.4 Å². The molecule has 3 atom stereocenters. The van der Waals surface area contributed by atoms with Crippen LogP contribution in [0.5, 0.6) is 0 Å². The van der Waals surface area contributed by atoms with Crippen LogP contribution in [0.25, 0.3) is 10.2 Å². The summed E-state index contributed by atoms with van der Waals surface area (Å²) in [6, 6.07) is 7.69. The molecule has 0 saturated carbocycles. The van der Waals surface area contributed by atoms with Gasteiger partial charge in [0.1, 0.15) is 17.4 Å². The van der Waals surface area contributed by atoms with E-state index in [1.165, 1.54) is 15.3 Å². The Hall–Kier alpha value is -2.51. The Morgan fingerprint density at radius 1 is 1.37 bits per heavy atom. The molecule has 158 valence electrons. The van der Waals surface area contributed by atoms with Crippen molar-refractivity contribution in [1.29, 1.82) is 0 Å². The summed E-state index contributed by atoms with van der Waals surface area (Å²) in [4.78, 5) is 36.0. The maximum absolute atomic E-state index is 12.9. The number of nitrogens with one attached hydrogen (secondary N) is 3. The van der Waals surface area contributed by atoms with Crippen LogP contribution in [0, 0.1) is 5.92 Å². The molecular formula is C23H29N4O2S+. The fourth-order valence-corrected chi connectivity index (χ4v) is 5.59. The lowest BCUT2D eigenvalue weighted by Gasteiger charge is -2.21. The van der Waals surface area contributed by atoms with E-state index in [9.17, 15) is 9.59 Å². The minimum Gasteiger partial charge on any atom is -0.355 e. The number of aromatic nitrogens is 2. The Morgan fingerprint density at radius 2 is 2.10 bits per heavy atom. The van der Waals surface area contributed by atoms with Gasteiger partial charge in [-0.2, -0.15) is 0 Å². The van der Waals surface area contributed by atoms with E-state index >= 15 is 0 Å². The van der Waals surface area contributed by atoms with Crippen LogP contribution in [0.1, 0.15) is 58.5 Å². The lowest BCUT2D eigenvalue weighted by Crippen LogP contribution is -3.07. The van der Waals surface area contributed by atoms with Crippen LogP contribution in [0.2, 0.25) is 0 Å². The Labute approximate surface area is 180 Å². The fraction of sp³-hybridized carbons (Fsp3) is 0.435. The summed E-state index contributed by atoms with van der Waals surface area (Å²) in [6.45, 7) is 5.14. The zero-order valence-electron chi connectivity index (χ0n) is 18.0. The highest BCUT2D eigenvalue weighted by Gasteiger charge is 2.25. The highest BCUT2D eigenvalue weighted by atomic mass is 32.1. The number of amides is 1. The van der Waals surface area contributed by atoms with E-state index in [1.54, 1.807) is 18.4 Å². The van der Waals surface area contributed by atoms with Crippen molar-refractivity contribution in [3.8, 4) is 0 Å². The zero-order valence-corrected chi connectivity index (χ0v) is 18.8. The molecule has 0 radical (unpaired) electrons. The van der Waals surface area contributed by atoms with E-state index in [-0.39, 0.29) is 17.5 Å². The number of rotatable bonds is 5. The number of nitrogens with zero attached hydrogens (tertiary/aromatic N) is 1. The number of aromatic amines is 1. The Morgan fingerprint density at radius 3 is 2.80 bits per heavy atom. The topological polar surface area (TPSA) is 79.3 Å². The normalized spacial score (nSPS) is 18.1. The smallest absolute Gasteiger partial charge is 0.260 e. The van der Waals surface area contributed by atoms with Crippen molar-refractivity contribution in [2.24, 2.45) is 5.92 Å². The third kappa shape index (κ3) is 3.91. The minimum absolute atomic E-state index is 0.00312. The number of quaternary nitrogens is 1. The fourth-order valence-electron chi connectivity index (χ4n) is 4.20. The van der Waals surface area contributed by atoms with Gasteiger partial charge in [-0.25, -0.2) is 4.98 Å². The summed E-state index contributed by atoms with van der Waals surface area (Å²) in [6.07, 6.45) is 3.17. The molecule has 0 aliphatic heterocycles. The first-order valence-electron chi connectivity index (χ1n) is 10.5. The summed E-state index contributed by atoms with van der Waals surface area (Å²) in [5, 5.41) is 3.44. The van der Waals surface area contributed by atoms with Crippen LogP contribution in [0.15, 0.2) is 29.1 Å². The van der Waals surface area contributed by atoms with Crippen molar-refractivity contribution in [1.82, 2.24) is 15.3 Å². The number of carbonyl (C=O) groups excluding carboxylic acids is 1. The zero-order chi connectivity index (χ0) is 21.4. The third-order valence-electron chi connectivity index (χ3n) is 6.26. The first-order chi connectivity index (χ1) is 14.4. The van der Waals surface area contributed by atoms with E-state index in [2.05, 4.69) is 31.2 Å². The lowest BCUT2D eigenvalue weighted by atomic mass is 9.89. The van der Waals surface area contributed by atoms with Crippen LogP contribution in [-0.2, 0) is 19.4 Å². The molecule has 7 heteroatoms. The molecule has 3 aromatic rings. The number of benzene rings is 1. The van der Waals surface area contributed by atoms with Crippen molar-refractivity contribution in [3.05, 3.63) is 62.0 Å². The van der Waals surface area contributed by atoms with Gasteiger partial charge in [0.15, 0.2) is 5.82 Å². The Bertz CT molecular complexity index is 1130. The molecule has 3 N–H and O–H groups in total. The summed E-state index contributed by atoms with van der Waals surface area (Å²) < 4.78 is 0. The van der Waals surface area contributed by atoms with Crippen molar-refractivity contribution < 1.29 is 9.69 Å². The maximum Gasteiger partial charge on any atom is 0.260 e. The molecule has 1 unspecified atom stereocenters. The average molecular weight is 426 g/mol.